The van der Waals surface area contributed by atoms with Crippen LogP contribution in [0.1, 0.15) is 135 Å². The lowest BCUT2D eigenvalue weighted by molar-refractivity contribution is -0.150. The van der Waals surface area contributed by atoms with E-state index in [4.69, 9.17) is 73.8 Å². The molecule has 5 rings (SSSR count). The number of rotatable bonds is 31. The molecule has 2 amide bonds. The molecule has 532 valence electrons. The summed E-state index contributed by atoms with van der Waals surface area (Å²) in [5.41, 5.74) is 1.53. The van der Waals surface area contributed by atoms with E-state index in [9.17, 15) is 34.2 Å². The molecule has 2 saturated heterocycles. The normalized spacial score (nSPS) is 18.1. The Labute approximate surface area is 575 Å². The third kappa shape index (κ3) is 31.0. The number of ether oxygens (including phenoxy) is 8. The van der Waals surface area contributed by atoms with Crippen LogP contribution in [0.25, 0.3) is 0 Å². The van der Waals surface area contributed by atoms with Crippen molar-refractivity contribution in [3.63, 3.8) is 0 Å². The highest BCUT2D eigenvalue weighted by atomic mass is 16.6. The SMILES string of the molecule is C=C[C@H](O)[C@H](CC(C)C)NB(C)O.CB(O)N[C@H](C=O)CC(C)C.CB(O)N[C@H](CO)CC(C)C.COc1cccc(OC)c1C=O.[B]C(=O)N1C(c2c(OC)cccc2OC)O[C@@H](C(=O)O)[C@@H]1CC(C)C.[B]C(=O)N1C(c2c(OC)cccc2OC)O[C@@H](C=C)[C@@H]1CC(C)C. The lowest BCUT2D eigenvalue weighted by Gasteiger charge is -2.30. The zero-order valence-electron chi connectivity index (χ0n) is 60.1. The number of carboxylic acid groups (broad SMARTS) is 1. The molecule has 0 aromatic heterocycles. The average molecular weight is 1340 g/mol. The zero-order valence-corrected chi connectivity index (χ0v) is 60.1. The number of carbonyl (C=O) groups is 5. The van der Waals surface area contributed by atoms with E-state index in [2.05, 4.69) is 70.4 Å². The van der Waals surface area contributed by atoms with Crippen LogP contribution >= 0.6 is 0 Å². The molecule has 2 aliphatic rings. The number of methoxy groups -OCH3 is 6. The molecule has 0 spiro atoms. The number of nitrogens with zero attached hydrogens (tertiary/aromatic N) is 2. The molecule has 2 aliphatic heterocycles. The van der Waals surface area contributed by atoms with Gasteiger partial charge in [0.2, 0.25) is 15.7 Å². The van der Waals surface area contributed by atoms with Gasteiger partial charge in [0.25, 0.3) is 0 Å². The number of aliphatic hydroxyl groups excluding tert-OH is 2. The predicted octanol–water partition coefficient (Wildman–Crippen LogP) is 8.04. The van der Waals surface area contributed by atoms with Gasteiger partial charge in [0.1, 0.15) is 40.8 Å². The topological polar surface area (TPSA) is 323 Å². The summed E-state index contributed by atoms with van der Waals surface area (Å²) >= 11 is 0. The molecule has 2 unspecified atom stereocenters. The van der Waals surface area contributed by atoms with Crippen molar-refractivity contribution in [1.29, 1.82) is 0 Å². The van der Waals surface area contributed by atoms with Crippen molar-refractivity contribution in [3.8, 4) is 34.5 Å². The highest BCUT2D eigenvalue weighted by molar-refractivity contribution is 6.57. The fourth-order valence-corrected chi connectivity index (χ4v) is 10.7. The summed E-state index contributed by atoms with van der Waals surface area (Å²) in [7, 11) is 18.6. The van der Waals surface area contributed by atoms with Crippen LogP contribution in [0.3, 0.4) is 0 Å². The number of aliphatic carboxylic acids is 1. The fraction of sp³-hybridized carbons (Fsp3) is 0.597. The predicted molar refractivity (Wildman–Crippen MR) is 380 cm³/mol. The van der Waals surface area contributed by atoms with Crippen LogP contribution in [0.15, 0.2) is 79.9 Å². The Morgan fingerprint density at radius 1 is 0.583 bits per heavy atom. The molecule has 3 aromatic rings. The monoisotopic (exact) mass is 1340 g/mol. The minimum atomic E-state index is -1.19. The van der Waals surface area contributed by atoms with Gasteiger partial charge in [-0.15, -0.1) is 13.2 Å². The minimum Gasteiger partial charge on any atom is -0.496 e. The van der Waals surface area contributed by atoms with Crippen LogP contribution in [0.4, 0.5) is 9.59 Å². The standard InChI is InChI=1S/C18H24BNO4.C17H22BNO6.C9H20BNO2.C9H10O3.C7H18BNO2.C7H16BNO2/c1-6-13-12(10-11(2)3)20(18(19)21)17(24-13)16-14(22-4)8-7-9-15(16)23-5;1-9(2)8-10-14(16(20)21)25-15(19(10)17(18)22)13-11(23-3)6-5-7-12(13)24-4;1-5-9(12)8(6-7(2)3)11-10(4)13;1-11-8-4-3-5-9(12-2)7(8)6-10;2*1-6(2)4-7(5-10)9-8(3)11/h6-9,11-13,17H,1,10H2,2-5H3;5-7,9-10,14-15H,8H2,1-4H3,(H,20,21);5,7-9,11-13H,1,6H2,2-4H3;3-6H,1-2H3;6-7,9-11H,4-5H2,1-3H3;5-7,9,11H,4H2,1-3H3/t12-,13-,17?;10-,14+,15?;8-,9-;;2*7-/m000.00/s1. The zero-order chi connectivity index (χ0) is 73.7. The summed E-state index contributed by atoms with van der Waals surface area (Å²) in [5.74, 6) is 2.64. The second-order valence-corrected chi connectivity index (χ2v) is 25.0. The van der Waals surface area contributed by atoms with Gasteiger partial charge >= 0.3 is 27.1 Å². The maximum absolute atomic E-state index is 12.2. The number of aliphatic hydroxyl groups is 2. The van der Waals surface area contributed by atoms with Gasteiger partial charge in [0.05, 0.1) is 96.3 Å². The molecule has 3 aromatic carbocycles. The molecule has 2 fully saturated rings. The van der Waals surface area contributed by atoms with E-state index in [1.165, 1.54) is 39.4 Å². The van der Waals surface area contributed by atoms with E-state index in [0.29, 0.717) is 81.3 Å². The van der Waals surface area contributed by atoms with Gasteiger partial charge in [-0.3, -0.25) is 14.4 Å². The minimum absolute atomic E-state index is 0.0231. The Bertz CT molecular complexity index is 2650. The second kappa shape index (κ2) is 47.5. The first-order chi connectivity index (χ1) is 45.2. The molecule has 10 atom stereocenters. The van der Waals surface area contributed by atoms with Crippen molar-refractivity contribution in [2.45, 2.75) is 183 Å². The third-order valence-electron chi connectivity index (χ3n) is 14.6. The first-order valence-electron chi connectivity index (χ1n) is 32.3. The smallest absolute Gasteiger partial charge is 0.374 e. The molecule has 0 bridgehead atoms. The average Bonchev–Trinajstić information content (AvgIpc) is 1.61. The molecular weight excluding hydrogens is 1230 g/mol. The molecule has 29 heteroatoms. The number of carboxylic acids is 1. The Morgan fingerprint density at radius 2 is 0.958 bits per heavy atom. The Hall–Kier alpha value is -6.39. The Morgan fingerprint density at radius 3 is 1.26 bits per heavy atom. The van der Waals surface area contributed by atoms with Gasteiger partial charge in [-0.25, -0.2) is 4.79 Å². The maximum Gasteiger partial charge on any atom is 0.374 e. The largest absolute Gasteiger partial charge is 0.496 e. The number of amides is 2. The second-order valence-electron chi connectivity index (χ2n) is 25.0. The number of benzene rings is 3. The molecule has 4 radical (unpaired) electrons. The van der Waals surface area contributed by atoms with Gasteiger partial charge < -0.3 is 98.6 Å². The number of hydrogen-bond donors (Lipinski definition) is 9. The van der Waals surface area contributed by atoms with E-state index in [-0.39, 0.29) is 42.8 Å². The lowest BCUT2D eigenvalue weighted by atomic mass is 9.84. The van der Waals surface area contributed by atoms with Crippen molar-refractivity contribution in [1.82, 2.24) is 25.5 Å². The van der Waals surface area contributed by atoms with Crippen LogP contribution < -0.4 is 44.1 Å². The van der Waals surface area contributed by atoms with Gasteiger partial charge in [-0.2, -0.15) is 0 Å². The number of hydrogen-bond acceptors (Lipinski definition) is 21. The van der Waals surface area contributed by atoms with Crippen molar-refractivity contribution < 1.29 is 92.3 Å². The van der Waals surface area contributed by atoms with Gasteiger partial charge in [0, 0.05) is 12.1 Å². The van der Waals surface area contributed by atoms with Gasteiger partial charge in [0.15, 0.2) is 36.5 Å². The molecule has 24 nitrogen and oxygen atoms in total. The summed E-state index contributed by atoms with van der Waals surface area (Å²) in [6, 6.07) is 14.6. The summed E-state index contributed by atoms with van der Waals surface area (Å²) in [4.78, 5) is 59.8. The number of carbonyl (C=O) groups excluding carboxylic acids is 4. The maximum atomic E-state index is 12.2. The van der Waals surface area contributed by atoms with E-state index < -0.39 is 69.4 Å². The van der Waals surface area contributed by atoms with Crippen molar-refractivity contribution in [3.05, 3.63) is 96.6 Å². The highest BCUT2D eigenvalue weighted by Crippen LogP contribution is 2.46. The quantitative estimate of drug-likeness (QED) is 0.0167. The molecule has 2 heterocycles. The molecule has 9 N–H and O–H groups in total. The van der Waals surface area contributed by atoms with Crippen molar-refractivity contribution in [2.75, 3.05) is 49.3 Å². The summed E-state index contributed by atoms with van der Waals surface area (Å²) in [5, 5.41) is 63.4. The Kier molecular flexibility index (Phi) is 44.4. The van der Waals surface area contributed by atoms with Gasteiger partial charge in [-0.1, -0.05) is 99.6 Å². The molecular formula is C67H110B5N5O19. The fourth-order valence-electron chi connectivity index (χ4n) is 10.7. The summed E-state index contributed by atoms with van der Waals surface area (Å²) in [6.45, 7) is 32.8. The molecule has 0 aliphatic carbocycles. The van der Waals surface area contributed by atoms with E-state index in [0.717, 1.165) is 38.3 Å². The van der Waals surface area contributed by atoms with E-state index >= 15 is 0 Å². The summed E-state index contributed by atoms with van der Waals surface area (Å²) < 4.78 is 43.4. The first kappa shape index (κ1) is 89.6. The molecule has 96 heavy (non-hydrogen) atoms. The van der Waals surface area contributed by atoms with E-state index in [1.54, 1.807) is 94.2 Å². The van der Waals surface area contributed by atoms with Crippen LogP contribution in [0.5, 0.6) is 34.5 Å². The first-order valence-corrected chi connectivity index (χ1v) is 32.3. The van der Waals surface area contributed by atoms with Crippen molar-refractivity contribution in [2.24, 2.45) is 29.6 Å². The molecule has 0 saturated carbocycles. The van der Waals surface area contributed by atoms with Crippen LogP contribution in [-0.4, -0.2) is 205 Å². The number of aldehydes is 2. The van der Waals surface area contributed by atoms with Crippen LogP contribution in [-0.2, 0) is 19.1 Å². The van der Waals surface area contributed by atoms with Crippen molar-refractivity contribution >= 4 is 67.0 Å². The highest BCUT2D eigenvalue weighted by Gasteiger charge is 2.50. The Balaban J connectivity index is 0.00000117. The third-order valence-corrected chi connectivity index (χ3v) is 14.6. The van der Waals surface area contributed by atoms with Crippen LogP contribution in [0.2, 0.25) is 20.5 Å². The van der Waals surface area contributed by atoms with E-state index in [1.807, 2.05) is 33.8 Å². The number of nitrogens with one attached hydrogen (secondary N) is 3. The lowest BCUT2D eigenvalue weighted by Crippen LogP contribution is -2.46. The van der Waals surface area contributed by atoms with Gasteiger partial charge in [-0.05, 0) is 119 Å². The summed E-state index contributed by atoms with van der Waals surface area (Å²) in [6.07, 6.45) is 4.66. The van der Waals surface area contributed by atoms with Crippen LogP contribution in [0, 0.1) is 29.6 Å².